The third-order valence-corrected chi connectivity index (χ3v) is 2.74. The van der Waals surface area contributed by atoms with Crippen LogP contribution in [0.2, 0.25) is 0 Å². The standard InChI is InChI=1S/C11H15BrF2N4O.2ClH/c1-18(2)9-8(3-7(12)4-16-9)10(19)17-6-11(13,14)5-15;;/h3-4H,5-6,15H2,1-2H3,(H,17,19);2*1H. The van der Waals surface area contributed by atoms with Gasteiger partial charge in [-0.25, -0.2) is 13.8 Å². The van der Waals surface area contributed by atoms with E-state index in [-0.39, 0.29) is 30.4 Å². The van der Waals surface area contributed by atoms with Crippen LogP contribution in [0.3, 0.4) is 0 Å². The molecule has 3 N–H and O–H groups in total. The number of alkyl halides is 2. The number of halogens is 5. The number of aromatic nitrogens is 1. The van der Waals surface area contributed by atoms with Crippen molar-refractivity contribution >= 4 is 52.5 Å². The van der Waals surface area contributed by atoms with Crippen LogP contribution in [-0.4, -0.2) is 44.0 Å². The Bertz CT molecular complexity index is 478. The van der Waals surface area contributed by atoms with Gasteiger partial charge in [0.2, 0.25) is 0 Å². The molecular formula is C11H17BrCl2F2N4O. The number of hydrogen-bond donors (Lipinski definition) is 2. The van der Waals surface area contributed by atoms with Gasteiger partial charge in [-0.1, -0.05) is 0 Å². The number of amides is 1. The summed E-state index contributed by atoms with van der Waals surface area (Å²) in [4.78, 5) is 17.6. The molecule has 10 heteroatoms. The molecule has 1 aromatic rings. The summed E-state index contributed by atoms with van der Waals surface area (Å²) in [7, 11) is 3.42. The normalized spacial score (nSPS) is 10.2. The highest BCUT2D eigenvalue weighted by molar-refractivity contribution is 9.10. The van der Waals surface area contributed by atoms with Gasteiger partial charge in [-0.3, -0.25) is 4.79 Å². The van der Waals surface area contributed by atoms with E-state index in [4.69, 9.17) is 5.73 Å². The van der Waals surface area contributed by atoms with Gasteiger partial charge in [-0.15, -0.1) is 24.8 Å². The van der Waals surface area contributed by atoms with Crippen LogP contribution in [0.1, 0.15) is 10.4 Å². The van der Waals surface area contributed by atoms with E-state index in [1.54, 1.807) is 19.0 Å². The lowest BCUT2D eigenvalue weighted by atomic mass is 10.2. The van der Waals surface area contributed by atoms with E-state index in [0.29, 0.717) is 10.3 Å². The maximum absolute atomic E-state index is 13.0. The molecular weight excluding hydrogens is 393 g/mol. The number of nitrogens with two attached hydrogens (primary N) is 1. The Morgan fingerprint density at radius 2 is 2.05 bits per heavy atom. The number of hydrogen-bond acceptors (Lipinski definition) is 4. The lowest BCUT2D eigenvalue weighted by Crippen LogP contribution is -2.41. The highest BCUT2D eigenvalue weighted by Gasteiger charge is 2.28. The van der Waals surface area contributed by atoms with Gasteiger partial charge < -0.3 is 16.0 Å². The number of pyridine rings is 1. The fraction of sp³-hybridized carbons (Fsp3) is 0.455. The van der Waals surface area contributed by atoms with Gasteiger partial charge in [-0.2, -0.15) is 0 Å². The Hall–Kier alpha value is -0.700. The van der Waals surface area contributed by atoms with Crippen molar-refractivity contribution in [1.29, 1.82) is 0 Å². The summed E-state index contributed by atoms with van der Waals surface area (Å²) in [6, 6.07) is 1.53. The summed E-state index contributed by atoms with van der Waals surface area (Å²) >= 11 is 3.19. The van der Waals surface area contributed by atoms with E-state index in [2.05, 4.69) is 26.2 Å². The van der Waals surface area contributed by atoms with Crippen molar-refractivity contribution in [3.8, 4) is 0 Å². The van der Waals surface area contributed by atoms with Gasteiger partial charge in [-0.05, 0) is 22.0 Å². The minimum atomic E-state index is -3.12. The first-order chi connectivity index (χ1) is 8.76. The van der Waals surface area contributed by atoms with E-state index in [1.165, 1.54) is 12.3 Å². The molecule has 1 amide bonds. The highest BCUT2D eigenvalue weighted by Crippen LogP contribution is 2.20. The van der Waals surface area contributed by atoms with E-state index in [0.717, 1.165) is 0 Å². The Morgan fingerprint density at radius 3 is 2.52 bits per heavy atom. The molecule has 5 nitrogen and oxygen atoms in total. The van der Waals surface area contributed by atoms with Crippen LogP contribution in [0.5, 0.6) is 0 Å². The molecule has 0 radical (unpaired) electrons. The molecule has 21 heavy (non-hydrogen) atoms. The highest BCUT2D eigenvalue weighted by atomic mass is 79.9. The summed E-state index contributed by atoms with van der Waals surface area (Å²) < 4.78 is 26.6. The van der Waals surface area contributed by atoms with Gasteiger partial charge >= 0.3 is 0 Å². The number of carbonyl (C=O) groups excluding carboxylic acids is 1. The second-order valence-corrected chi connectivity index (χ2v) is 5.08. The van der Waals surface area contributed by atoms with Crippen molar-refractivity contribution in [3.05, 3.63) is 22.3 Å². The Morgan fingerprint density at radius 1 is 1.48 bits per heavy atom. The maximum atomic E-state index is 13.0. The Balaban J connectivity index is 0. The summed E-state index contributed by atoms with van der Waals surface area (Å²) in [6.07, 6.45) is 1.53. The molecule has 0 aliphatic carbocycles. The molecule has 0 atom stereocenters. The quantitative estimate of drug-likeness (QED) is 0.780. The zero-order chi connectivity index (χ0) is 14.6. The second-order valence-electron chi connectivity index (χ2n) is 4.16. The van der Waals surface area contributed by atoms with Gasteiger partial charge in [0.25, 0.3) is 11.8 Å². The molecule has 0 fully saturated rings. The number of anilines is 1. The van der Waals surface area contributed by atoms with E-state index < -0.39 is 24.9 Å². The predicted octanol–water partition coefficient (Wildman–Crippen LogP) is 2.08. The zero-order valence-electron chi connectivity index (χ0n) is 11.4. The molecule has 1 rings (SSSR count). The molecule has 0 saturated carbocycles. The summed E-state index contributed by atoms with van der Waals surface area (Å²) in [5.74, 6) is -3.34. The van der Waals surface area contributed by atoms with Crippen LogP contribution in [-0.2, 0) is 0 Å². The van der Waals surface area contributed by atoms with Crippen LogP contribution in [0.15, 0.2) is 16.7 Å². The molecule has 1 aromatic heterocycles. The van der Waals surface area contributed by atoms with Crippen LogP contribution >= 0.6 is 40.7 Å². The Labute approximate surface area is 142 Å². The first kappa shape index (κ1) is 22.6. The average Bonchev–Trinajstić information content (AvgIpc) is 2.35. The van der Waals surface area contributed by atoms with Crippen molar-refractivity contribution in [2.45, 2.75) is 5.92 Å². The molecule has 0 spiro atoms. The number of nitrogens with zero attached hydrogens (tertiary/aromatic N) is 2. The van der Waals surface area contributed by atoms with Crippen LogP contribution < -0.4 is 16.0 Å². The third-order valence-electron chi connectivity index (χ3n) is 2.31. The molecule has 0 aliphatic heterocycles. The number of nitrogens with one attached hydrogen (secondary N) is 1. The van der Waals surface area contributed by atoms with Crippen molar-refractivity contribution in [3.63, 3.8) is 0 Å². The average molecular weight is 410 g/mol. The van der Waals surface area contributed by atoms with Crippen molar-refractivity contribution in [2.24, 2.45) is 5.73 Å². The smallest absolute Gasteiger partial charge is 0.277 e. The number of carbonyl (C=O) groups is 1. The fourth-order valence-electron chi connectivity index (χ4n) is 1.33. The predicted molar refractivity (Wildman–Crippen MR) is 87.1 cm³/mol. The Kier molecular flexibility index (Phi) is 10.0. The second kappa shape index (κ2) is 9.34. The minimum absolute atomic E-state index is 0. The molecule has 0 aromatic carbocycles. The molecule has 0 bridgehead atoms. The van der Waals surface area contributed by atoms with Gasteiger partial charge in [0.05, 0.1) is 18.7 Å². The molecule has 0 unspecified atom stereocenters. The largest absolute Gasteiger partial charge is 0.362 e. The van der Waals surface area contributed by atoms with Crippen molar-refractivity contribution in [1.82, 2.24) is 10.3 Å². The molecule has 122 valence electrons. The monoisotopic (exact) mass is 408 g/mol. The third kappa shape index (κ3) is 6.73. The molecule has 0 saturated heterocycles. The topological polar surface area (TPSA) is 71.2 Å². The summed E-state index contributed by atoms with van der Waals surface area (Å²) in [5.41, 5.74) is 5.12. The van der Waals surface area contributed by atoms with Crippen LogP contribution in [0.4, 0.5) is 14.6 Å². The lowest BCUT2D eigenvalue weighted by molar-refractivity contribution is 0.0118. The minimum Gasteiger partial charge on any atom is -0.362 e. The van der Waals surface area contributed by atoms with Gasteiger partial charge in [0, 0.05) is 24.8 Å². The van der Waals surface area contributed by atoms with Crippen LogP contribution in [0, 0.1) is 0 Å². The van der Waals surface area contributed by atoms with E-state index >= 15 is 0 Å². The summed E-state index contributed by atoms with van der Waals surface area (Å²) in [5, 5.41) is 2.16. The summed E-state index contributed by atoms with van der Waals surface area (Å²) in [6.45, 7) is -1.62. The first-order valence-electron chi connectivity index (χ1n) is 5.46. The molecule has 0 aliphatic rings. The van der Waals surface area contributed by atoms with E-state index in [1.807, 2.05) is 0 Å². The van der Waals surface area contributed by atoms with E-state index in [9.17, 15) is 13.6 Å². The maximum Gasteiger partial charge on any atom is 0.277 e. The van der Waals surface area contributed by atoms with Gasteiger partial charge in [0.1, 0.15) is 5.82 Å². The first-order valence-corrected chi connectivity index (χ1v) is 6.25. The van der Waals surface area contributed by atoms with Gasteiger partial charge in [0.15, 0.2) is 0 Å². The SMILES string of the molecule is CN(C)c1ncc(Br)cc1C(=O)NCC(F)(F)CN.Cl.Cl. The van der Waals surface area contributed by atoms with Crippen LogP contribution in [0.25, 0.3) is 0 Å². The molecule has 1 heterocycles. The zero-order valence-corrected chi connectivity index (χ0v) is 14.6. The number of rotatable bonds is 5. The van der Waals surface area contributed by atoms with Crippen molar-refractivity contribution in [2.75, 3.05) is 32.1 Å². The lowest BCUT2D eigenvalue weighted by Gasteiger charge is -2.18. The fourth-order valence-corrected chi connectivity index (χ4v) is 1.66. The van der Waals surface area contributed by atoms with Crippen molar-refractivity contribution < 1.29 is 13.6 Å².